The fourth-order valence-electron chi connectivity index (χ4n) is 2.77. The predicted octanol–water partition coefficient (Wildman–Crippen LogP) is 3.77. The van der Waals surface area contributed by atoms with Crippen LogP contribution in [0.5, 0.6) is 5.75 Å². The Morgan fingerprint density at radius 1 is 1.19 bits per heavy atom. The van der Waals surface area contributed by atoms with E-state index in [2.05, 4.69) is 5.32 Å². The van der Waals surface area contributed by atoms with Crippen LogP contribution in [-0.2, 0) is 4.79 Å². The van der Waals surface area contributed by atoms with Crippen molar-refractivity contribution >= 4 is 28.5 Å². The Morgan fingerprint density at radius 2 is 1.96 bits per heavy atom. The Hall–Kier alpha value is -2.79. The van der Waals surface area contributed by atoms with Gasteiger partial charge < -0.3 is 14.5 Å². The normalized spacial score (nSPS) is 13.6. The average molecular weight is 370 g/mol. The lowest BCUT2D eigenvalue weighted by atomic mass is 10.0. The van der Waals surface area contributed by atoms with Crippen molar-refractivity contribution in [3.05, 3.63) is 64.0 Å². The van der Waals surface area contributed by atoms with E-state index in [1.807, 2.05) is 30.3 Å². The minimum atomic E-state index is -0.462. The van der Waals surface area contributed by atoms with Gasteiger partial charge in [0.1, 0.15) is 11.3 Å². The third-order valence-corrected chi connectivity index (χ3v) is 4.48. The van der Waals surface area contributed by atoms with Crippen molar-refractivity contribution in [2.75, 3.05) is 6.61 Å². The summed E-state index contributed by atoms with van der Waals surface area (Å²) in [6, 6.07) is 14.5. The van der Waals surface area contributed by atoms with Gasteiger partial charge in [-0.05, 0) is 30.0 Å². The molecule has 26 heavy (non-hydrogen) atoms. The van der Waals surface area contributed by atoms with Crippen LogP contribution in [0.15, 0.2) is 57.7 Å². The molecule has 0 aliphatic heterocycles. The number of rotatable bonds is 5. The van der Waals surface area contributed by atoms with E-state index in [1.54, 1.807) is 12.1 Å². The van der Waals surface area contributed by atoms with Crippen molar-refractivity contribution in [3.8, 4) is 16.9 Å². The van der Waals surface area contributed by atoms with Crippen LogP contribution >= 0.6 is 11.6 Å². The number of benzene rings is 2. The summed E-state index contributed by atoms with van der Waals surface area (Å²) in [4.78, 5) is 23.7. The lowest BCUT2D eigenvalue weighted by molar-refractivity contribution is -0.123. The van der Waals surface area contributed by atoms with E-state index in [9.17, 15) is 9.59 Å². The van der Waals surface area contributed by atoms with Crippen LogP contribution in [0.1, 0.15) is 12.8 Å². The number of hydrogen-bond donors (Lipinski definition) is 1. The molecule has 1 heterocycles. The van der Waals surface area contributed by atoms with Crippen LogP contribution in [0, 0.1) is 0 Å². The number of hydrogen-bond acceptors (Lipinski definition) is 4. The maximum Gasteiger partial charge on any atom is 0.336 e. The van der Waals surface area contributed by atoms with Crippen LogP contribution in [-0.4, -0.2) is 18.6 Å². The zero-order chi connectivity index (χ0) is 18.1. The molecule has 0 bridgehead atoms. The molecule has 1 aliphatic rings. The Bertz CT molecular complexity index is 1030. The van der Waals surface area contributed by atoms with Crippen molar-refractivity contribution in [2.45, 2.75) is 18.9 Å². The second kappa shape index (κ2) is 6.84. The first-order chi connectivity index (χ1) is 12.6. The molecular formula is C20H16ClNO4. The number of ether oxygens (including phenoxy) is 1. The van der Waals surface area contributed by atoms with Crippen molar-refractivity contribution in [3.63, 3.8) is 0 Å². The molecule has 1 saturated carbocycles. The van der Waals surface area contributed by atoms with E-state index < -0.39 is 5.63 Å². The standard InChI is InChI=1S/C20H16ClNO4/c21-16-8-15-14(12-4-2-1-3-5-12)9-20(24)26-17(15)10-18(16)25-11-19(23)22-13-6-7-13/h1-5,8-10,13H,6-7,11H2,(H,22,23). The van der Waals surface area contributed by atoms with Crippen molar-refractivity contribution < 1.29 is 13.9 Å². The number of halogens is 1. The topological polar surface area (TPSA) is 68.5 Å². The van der Waals surface area contributed by atoms with Gasteiger partial charge >= 0.3 is 5.63 Å². The monoisotopic (exact) mass is 369 g/mol. The maximum absolute atomic E-state index is 12.0. The third-order valence-electron chi connectivity index (χ3n) is 4.18. The second-order valence-corrected chi connectivity index (χ2v) is 6.66. The Balaban J connectivity index is 1.68. The van der Waals surface area contributed by atoms with Crippen LogP contribution in [0.3, 0.4) is 0 Å². The lowest BCUT2D eigenvalue weighted by Gasteiger charge is -2.11. The highest BCUT2D eigenvalue weighted by molar-refractivity contribution is 6.33. The molecule has 0 unspecified atom stereocenters. The zero-order valence-corrected chi connectivity index (χ0v) is 14.6. The Labute approximate surface area is 154 Å². The number of carbonyl (C=O) groups is 1. The highest BCUT2D eigenvalue weighted by atomic mass is 35.5. The first-order valence-corrected chi connectivity index (χ1v) is 8.73. The van der Waals surface area contributed by atoms with Crippen molar-refractivity contribution in [2.24, 2.45) is 0 Å². The fourth-order valence-corrected chi connectivity index (χ4v) is 2.99. The fraction of sp³-hybridized carbons (Fsp3) is 0.200. The Kier molecular flexibility index (Phi) is 4.39. The molecule has 0 spiro atoms. The van der Waals surface area contributed by atoms with Gasteiger partial charge in [0.2, 0.25) is 0 Å². The van der Waals surface area contributed by atoms with Gasteiger partial charge in [-0.2, -0.15) is 0 Å². The summed E-state index contributed by atoms with van der Waals surface area (Å²) >= 11 is 6.33. The number of fused-ring (bicyclic) bond motifs is 1. The van der Waals surface area contributed by atoms with Crippen LogP contribution in [0.25, 0.3) is 22.1 Å². The van der Waals surface area contributed by atoms with Gasteiger partial charge in [0.25, 0.3) is 5.91 Å². The molecule has 1 aromatic heterocycles. The molecule has 1 N–H and O–H groups in total. The van der Waals surface area contributed by atoms with Gasteiger partial charge in [-0.25, -0.2) is 4.79 Å². The van der Waals surface area contributed by atoms with Gasteiger partial charge in [0, 0.05) is 23.6 Å². The van der Waals surface area contributed by atoms with Crippen LogP contribution in [0.4, 0.5) is 0 Å². The zero-order valence-electron chi connectivity index (χ0n) is 13.8. The minimum absolute atomic E-state index is 0.135. The van der Waals surface area contributed by atoms with E-state index in [-0.39, 0.29) is 18.6 Å². The summed E-state index contributed by atoms with van der Waals surface area (Å²) in [5.41, 5.74) is 1.52. The number of amides is 1. The van der Waals surface area contributed by atoms with Crippen LogP contribution in [0.2, 0.25) is 5.02 Å². The number of carbonyl (C=O) groups excluding carboxylic acids is 1. The maximum atomic E-state index is 12.0. The molecule has 6 heteroatoms. The molecule has 0 radical (unpaired) electrons. The first-order valence-electron chi connectivity index (χ1n) is 8.35. The van der Waals surface area contributed by atoms with E-state index in [1.165, 1.54) is 6.07 Å². The van der Waals surface area contributed by atoms with Crippen LogP contribution < -0.4 is 15.7 Å². The SMILES string of the molecule is O=C(COc1cc2oc(=O)cc(-c3ccccc3)c2cc1Cl)NC1CC1. The van der Waals surface area contributed by atoms with Crippen molar-refractivity contribution in [1.82, 2.24) is 5.32 Å². The quantitative estimate of drug-likeness (QED) is 0.695. The summed E-state index contributed by atoms with van der Waals surface area (Å²) < 4.78 is 10.8. The van der Waals surface area contributed by atoms with Gasteiger partial charge in [-0.3, -0.25) is 4.79 Å². The largest absolute Gasteiger partial charge is 0.482 e. The highest BCUT2D eigenvalue weighted by Crippen LogP contribution is 2.34. The first kappa shape index (κ1) is 16.7. The molecule has 4 rings (SSSR count). The lowest BCUT2D eigenvalue weighted by Crippen LogP contribution is -2.30. The van der Waals surface area contributed by atoms with E-state index in [4.69, 9.17) is 20.8 Å². The van der Waals surface area contributed by atoms with Gasteiger partial charge in [0.05, 0.1) is 5.02 Å². The summed E-state index contributed by atoms with van der Waals surface area (Å²) in [7, 11) is 0. The van der Waals surface area contributed by atoms with Gasteiger partial charge in [-0.15, -0.1) is 0 Å². The van der Waals surface area contributed by atoms with E-state index in [0.29, 0.717) is 21.7 Å². The highest BCUT2D eigenvalue weighted by Gasteiger charge is 2.23. The predicted molar refractivity (Wildman–Crippen MR) is 99.6 cm³/mol. The molecule has 2 aromatic carbocycles. The molecule has 3 aromatic rings. The molecule has 1 aliphatic carbocycles. The summed E-state index contributed by atoms with van der Waals surface area (Å²) in [6.45, 7) is -0.135. The van der Waals surface area contributed by atoms with Gasteiger partial charge in [-0.1, -0.05) is 41.9 Å². The molecule has 132 valence electrons. The second-order valence-electron chi connectivity index (χ2n) is 6.25. The molecule has 0 atom stereocenters. The minimum Gasteiger partial charge on any atom is -0.482 e. The van der Waals surface area contributed by atoms with E-state index >= 15 is 0 Å². The van der Waals surface area contributed by atoms with Gasteiger partial charge in [0.15, 0.2) is 6.61 Å². The average Bonchev–Trinajstić information content (AvgIpc) is 3.44. The molecule has 0 saturated heterocycles. The molecule has 1 fully saturated rings. The number of nitrogens with one attached hydrogen (secondary N) is 1. The smallest absolute Gasteiger partial charge is 0.336 e. The Morgan fingerprint density at radius 3 is 2.69 bits per heavy atom. The van der Waals surface area contributed by atoms with Crippen molar-refractivity contribution in [1.29, 1.82) is 0 Å². The molecule has 1 amide bonds. The third kappa shape index (κ3) is 3.58. The summed E-state index contributed by atoms with van der Waals surface area (Å²) in [5, 5.41) is 3.89. The summed E-state index contributed by atoms with van der Waals surface area (Å²) in [5.74, 6) is 0.113. The molecule has 5 nitrogen and oxygen atoms in total. The molecular weight excluding hydrogens is 354 g/mol. The van der Waals surface area contributed by atoms with E-state index in [0.717, 1.165) is 24.0 Å². The summed E-state index contributed by atoms with van der Waals surface area (Å²) in [6.07, 6.45) is 2.02.